The van der Waals surface area contributed by atoms with Gasteiger partial charge in [-0.15, -0.1) is 0 Å². The molecule has 1 saturated carbocycles. The number of carbonyl (C=O) groups excluding carboxylic acids is 1. The largest absolute Gasteiger partial charge is 0.394 e. The summed E-state index contributed by atoms with van der Waals surface area (Å²) in [6.07, 6.45) is 1.54. The number of amides is 1. The predicted molar refractivity (Wildman–Crippen MR) is 82.8 cm³/mol. The molecule has 1 amide bonds. The van der Waals surface area contributed by atoms with E-state index in [0.717, 1.165) is 18.4 Å². The minimum Gasteiger partial charge on any atom is -0.394 e. The second-order valence-electron chi connectivity index (χ2n) is 5.68. The molecule has 0 aromatic heterocycles. The SMILES string of the molecule is C=C1CCC1[C@@H]1[C@H](O)[C@@H](CO)O[C@H]1CN=C(N=CC)C(N)=O. The number of aliphatic imine (C=N–C) groups is 2. The molecule has 4 N–H and O–H groups in total. The number of ether oxygens (including phenoxy) is 1. The summed E-state index contributed by atoms with van der Waals surface area (Å²) in [4.78, 5) is 19.2. The van der Waals surface area contributed by atoms with E-state index >= 15 is 0 Å². The van der Waals surface area contributed by atoms with Crippen molar-refractivity contribution in [3.8, 4) is 0 Å². The highest BCUT2D eigenvalue weighted by Gasteiger charge is 2.49. The van der Waals surface area contributed by atoms with Gasteiger partial charge in [0.1, 0.15) is 6.10 Å². The molecule has 0 radical (unpaired) electrons. The quantitative estimate of drug-likeness (QED) is 0.374. The normalized spacial score (nSPS) is 35.9. The Kier molecular flexibility index (Phi) is 5.44. The van der Waals surface area contributed by atoms with E-state index in [4.69, 9.17) is 10.5 Å². The number of hydrogen-bond donors (Lipinski definition) is 3. The predicted octanol–water partition coefficient (Wildman–Crippen LogP) is -0.336. The van der Waals surface area contributed by atoms with Crippen LogP contribution >= 0.6 is 0 Å². The van der Waals surface area contributed by atoms with Gasteiger partial charge in [-0.1, -0.05) is 12.2 Å². The summed E-state index contributed by atoms with van der Waals surface area (Å²) in [5.74, 6) is -0.792. The van der Waals surface area contributed by atoms with Crippen molar-refractivity contribution < 1.29 is 19.7 Å². The third-order valence-electron chi connectivity index (χ3n) is 4.39. The van der Waals surface area contributed by atoms with Gasteiger partial charge in [0.15, 0.2) is 0 Å². The second kappa shape index (κ2) is 7.13. The lowest BCUT2D eigenvalue weighted by molar-refractivity contribution is -0.112. The molecular formula is C15H23N3O4. The fourth-order valence-corrected chi connectivity index (χ4v) is 3.14. The van der Waals surface area contributed by atoms with Crippen LogP contribution < -0.4 is 5.73 Å². The Morgan fingerprint density at radius 3 is 2.73 bits per heavy atom. The molecule has 7 heteroatoms. The Balaban J connectivity index is 2.14. The third kappa shape index (κ3) is 3.26. The lowest BCUT2D eigenvalue weighted by Gasteiger charge is -2.37. The van der Waals surface area contributed by atoms with Gasteiger partial charge in [0, 0.05) is 12.1 Å². The first-order valence-corrected chi connectivity index (χ1v) is 7.44. The van der Waals surface area contributed by atoms with Crippen LogP contribution in [0, 0.1) is 11.8 Å². The van der Waals surface area contributed by atoms with E-state index < -0.39 is 24.2 Å². The third-order valence-corrected chi connectivity index (χ3v) is 4.39. The number of nitrogens with zero attached hydrogens (tertiary/aromatic N) is 2. The molecular weight excluding hydrogens is 286 g/mol. The average Bonchev–Trinajstić information content (AvgIpc) is 2.78. The molecule has 22 heavy (non-hydrogen) atoms. The maximum Gasteiger partial charge on any atom is 0.286 e. The van der Waals surface area contributed by atoms with Crippen LogP contribution in [0.4, 0.5) is 0 Å². The Bertz CT molecular complexity index is 503. The second-order valence-corrected chi connectivity index (χ2v) is 5.68. The highest BCUT2D eigenvalue weighted by Crippen LogP contribution is 2.45. The smallest absolute Gasteiger partial charge is 0.286 e. The number of aliphatic hydroxyl groups is 2. The van der Waals surface area contributed by atoms with Crippen LogP contribution in [0.1, 0.15) is 19.8 Å². The number of amidine groups is 1. The molecule has 2 rings (SSSR count). The maximum absolute atomic E-state index is 11.2. The summed E-state index contributed by atoms with van der Waals surface area (Å²) in [6.45, 7) is 5.57. The summed E-state index contributed by atoms with van der Waals surface area (Å²) in [7, 11) is 0. The summed E-state index contributed by atoms with van der Waals surface area (Å²) >= 11 is 0. The zero-order valence-electron chi connectivity index (χ0n) is 12.7. The number of aliphatic hydroxyl groups excluding tert-OH is 2. The number of primary amides is 1. The van der Waals surface area contributed by atoms with E-state index in [9.17, 15) is 15.0 Å². The van der Waals surface area contributed by atoms with Crippen molar-refractivity contribution in [2.75, 3.05) is 13.2 Å². The minimum atomic E-state index is -0.765. The molecule has 1 heterocycles. The monoisotopic (exact) mass is 309 g/mol. The zero-order valence-corrected chi connectivity index (χ0v) is 12.7. The van der Waals surface area contributed by atoms with Crippen LogP contribution in [0.3, 0.4) is 0 Å². The van der Waals surface area contributed by atoms with Gasteiger partial charge >= 0.3 is 0 Å². The van der Waals surface area contributed by atoms with E-state index in [2.05, 4.69) is 16.6 Å². The average molecular weight is 309 g/mol. The molecule has 1 unspecified atom stereocenters. The zero-order chi connectivity index (χ0) is 16.3. The van der Waals surface area contributed by atoms with Crippen molar-refractivity contribution in [2.24, 2.45) is 27.6 Å². The van der Waals surface area contributed by atoms with Gasteiger partial charge in [-0.25, -0.2) is 4.99 Å². The Labute approximate surface area is 129 Å². The molecule has 0 spiro atoms. The van der Waals surface area contributed by atoms with Crippen molar-refractivity contribution in [1.82, 2.24) is 0 Å². The fraction of sp³-hybridized carbons (Fsp3) is 0.667. The van der Waals surface area contributed by atoms with Crippen molar-refractivity contribution in [1.29, 1.82) is 0 Å². The van der Waals surface area contributed by atoms with Gasteiger partial charge in [-0.3, -0.25) is 9.79 Å². The van der Waals surface area contributed by atoms with Gasteiger partial charge < -0.3 is 20.7 Å². The molecule has 2 aliphatic rings. The van der Waals surface area contributed by atoms with E-state index in [0.29, 0.717) is 0 Å². The number of allylic oxidation sites excluding steroid dienone is 1. The lowest BCUT2D eigenvalue weighted by Crippen LogP contribution is -2.39. The minimum absolute atomic E-state index is 0.0702. The molecule has 1 saturated heterocycles. The summed E-state index contributed by atoms with van der Waals surface area (Å²) in [5.41, 5.74) is 6.30. The van der Waals surface area contributed by atoms with E-state index in [1.165, 1.54) is 6.21 Å². The van der Waals surface area contributed by atoms with Gasteiger partial charge in [-0.2, -0.15) is 0 Å². The Morgan fingerprint density at radius 1 is 1.55 bits per heavy atom. The molecule has 1 aliphatic heterocycles. The van der Waals surface area contributed by atoms with Crippen LogP contribution in [0.2, 0.25) is 0 Å². The van der Waals surface area contributed by atoms with Crippen LogP contribution in [-0.2, 0) is 9.53 Å². The topological polar surface area (TPSA) is 118 Å². The van der Waals surface area contributed by atoms with Crippen LogP contribution in [0.15, 0.2) is 22.1 Å². The van der Waals surface area contributed by atoms with E-state index in [1.807, 2.05) is 0 Å². The first-order valence-electron chi connectivity index (χ1n) is 7.44. The molecule has 0 aromatic rings. The molecule has 7 nitrogen and oxygen atoms in total. The van der Waals surface area contributed by atoms with Crippen LogP contribution in [-0.4, -0.2) is 59.6 Å². The van der Waals surface area contributed by atoms with Gasteiger partial charge in [0.05, 0.1) is 25.4 Å². The maximum atomic E-state index is 11.2. The molecule has 1 aliphatic carbocycles. The van der Waals surface area contributed by atoms with Gasteiger partial charge in [0.2, 0.25) is 5.84 Å². The number of rotatable bonds is 4. The Morgan fingerprint density at radius 2 is 2.27 bits per heavy atom. The fourth-order valence-electron chi connectivity index (χ4n) is 3.14. The van der Waals surface area contributed by atoms with E-state index in [1.54, 1.807) is 6.92 Å². The molecule has 0 aromatic carbocycles. The lowest BCUT2D eigenvalue weighted by atomic mass is 9.68. The number of carbonyl (C=O) groups is 1. The summed E-state index contributed by atoms with van der Waals surface area (Å²) in [5, 5.41) is 19.7. The van der Waals surface area contributed by atoms with Crippen molar-refractivity contribution >= 4 is 18.0 Å². The Hall–Kier alpha value is -1.57. The van der Waals surface area contributed by atoms with Crippen molar-refractivity contribution in [3.63, 3.8) is 0 Å². The molecule has 0 bridgehead atoms. The summed E-state index contributed by atoms with van der Waals surface area (Å²) < 4.78 is 5.70. The summed E-state index contributed by atoms with van der Waals surface area (Å²) in [6, 6.07) is 0. The van der Waals surface area contributed by atoms with Crippen molar-refractivity contribution in [2.45, 2.75) is 38.1 Å². The molecule has 5 atom stereocenters. The number of nitrogens with two attached hydrogens (primary N) is 1. The molecule has 2 fully saturated rings. The van der Waals surface area contributed by atoms with Crippen molar-refractivity contribution in [3.05, 3.63) is 12.2 Å². The standard InChI is InChI=1S/C15H23N3O4/c1-3-17-15(14(16)21)18-6-10-12(9-5-4-8(9)2)13(20)11(7-19)22-10/h3,9-13,19-20H,2,4-7H2,1H3,(H2,16,21)/t9?,10-,11+,12-,13+/m0/s1. The van der Waals surface area contributed by atoms with E-state index in [-0.39, 0.29) is 30.8 Å². The van der Waals surface area contributed by atoms with Crippen LogP contribution in [0.5, 0.6) is 0 Å². The first-order chi connectivity index (χ1) is 10.5. The first kappa shape index (κ1) is 16.8. The number of hydrogen-bond acceptors (Lipinski definition) is 5. The molecule has 122 valence electrons. The van der Waals surface area contributed by atoms with Gasteiger partial charge in [-0.05, 0) is 25.7 Å². The van der Waals surface area contributed by atoms with Crippen LogP contribution in [0.25, 0.3) is 0 Å². The highest BCUT2D eigenvalue weighted by molar-refractivity contribution is 6.38. The highest BCUT2D eigenvalue weighted by atomic mass is 16.5. The van der Waals surface area contributed by atoms with Gasteiger partial charge in [0.25, 0.3) is 5.91 Å².